The Kier molecular flexibility index (Phi) is 10.8. The number of rotatable bonds is 7. The first-order valence-corrected chi connectivity index (χ1v) is 15.1. The van der Waals surface area contributed by atoms with Gasteiger partial charge in [-0.1, -0.05) is 6.07 Å². The van der Waals surface area contributed by atoms with Crippen LogP contribution in [0.25, 0.3) is 22.6 Å². The molecule has 0 amide bonds. The van der Waals surface area contributed by atoms with Crippen LogP contribution in [0.2, 0.25) is 0 Å². The third-order valence-corrected chi connectivity index (χ3v) is 7.29. The highest BCUT2D eigenvalue weighted by Crippen LogP contribution is 2.37. The van der Waals surface area contributed by atoms with Gasteiger partial charge in [-0.25, -0.2) is 9.78 Å². The summed E-state index contributed by atoms with van der Waals surface area (Å²) in [6.45, 7) is 5.31. The molecule has 5 rings (SSSR count). The lowest BCUT2D eigenvalue weighted by atomic mass is 10.2. The van der Waals surface area contributed by atoms with Crippen LogP contribution in [0.5, 0.6) is 11.5 Å². The topological polar surface area (TPSA) is 152 Å². The Bertz CT molecular complexity index is 1710. The Labute approximate surface area is 271 Å². The Morgan fingerprint density at radius 2 is 1.49 bits per heavy atom. The number of aryl methyl sites for hydroxylation is 1. The van der Waals surface area contributed by atoms with Crippen LogP contribution in [0.15, 0.2) is 51.4 Å². The van der Waals surface area contributed by atoms with E-state index in [1.165, 1.54) is 20.4 Å². The molecule has 1 aliphatic rings. The molecule has 14 nitrogen and oxygen atoms in total. The van der Waals surface area contributed by atoms with Crippen molar-refractivity contribution in [3.05, 3.63) is 53.9 Å². The molecule has 0 saturated carbocycles. The Hall–Kier alpha value is -5.24. The normalized spacial score (nSPS) is 14.1. The largest absolute Gasteiger partial charge is 0.488 e. The lowest BCUT2D eigenvalue weighted by molar-refractivity contribution is -0.139. The lowest BCUT2D eigenvalue weighted by Crippen LogP contribution is -2.36. The maximum Gasteiger partial charge on any atom is 0.375 e. The van der Waals surface area contributed by atoms with E-state index in [1.54, 1.807) is 30.0 Å². The smallest absolute Gasteiger partial charge is 0.375 e. The standard InChI is InChI=1S/C33H37N3O11/c1-5-43-33(39)29-18-34-32(47-29)28-16-22-15-27-24(17-25(22)46-28)36(20-31(38)41-4)9-11-42-10-8-35(19-30(37)40-3)23-7-6-21(2)14-26(23)44-12-13-45-27/h6-7,14-18H,5,8-13,19-20H2,1-4H3. The molecule has 0 atom stereocenters. The van der Waals surface area contributed by atoms with E-state index in [0.29, 0.717) is 41.2 Å². The van der Waals surface area contributed by atoms with Crippen LogP contribution in [0.3, 0.4) is 0 Å². The molecule has 0 aliphatic carbocycles. The molecule has 47 heavy (non-hydrogen) atoms. The first-order valence-electron chi connectivity index (χ1n) is 15.1. The van der Waals surface area contributed by atoms with E-state index < -0.39 is 17.9 Å². The van der Waals surface area contributed by atoms with Crippen LogP contribution in [0.4, 0.5) is 11.4 Å². The predicted octanol–water partition coefficient (Wildman–Crippen LogP) is 4.02. The molecule has 250 valence electrons. The van der Waals surface area contributed by atoms with Gasteiger partial charge in [-0.15, -0.1) is 0 Å². The maximum atomic E-state index is 12.5. The molecule has 4 aromatic rings. The first kappa shape index (κ1) is 33.1. The number of aromatic nitrogens is 1. The van der Waals surface area contributed by atoms with Gasteiger partial charge in [-0.2, -0.15) is 0 Å². The van der Waals surface area contributed by atoms with Gasteiger partial charge in [0, 0.05) is 24.5 Å². The van der Waals surface area contributed by atoms with E-state index in [1.807, 2.05) is 30.0 Å². The highest BCUT2D eigenvalue weighted by Gasteiger charge is 2.23. The second-order valence-corrected chi connectivity index (χ2v) is 10.5. The van der Waals surface area contributed by atoms with Crippen LogP contribution in [-0.4, -0.2) is 96.3 Å². The van der Waals surface area contributed by atoms with Crippen LogP contribution in [0, 0.1) is 6.92 Å². The molecule has 0 unspecified atom stereocenters. The van der Waals surface area contributed by atoms with Crippen molar-refractivity contribution in [3.8, 4) is 23.1 Å². The van der Waals surface area contributed by atoms with E-state index in [-0.39, 0.29) is 63.5 Å². The molecular formula is C33H37N3O11. The average Bonchev–Trinajstić information content (AvgIpc) is 3.72. The molecule has 3 heterocycles. The van der Waals surface area contributed by atoms with E-state index >= 15 is 0 Å². The number of hydrogen-bond acceptors (Lipinski definition) is 14. The van der Waals surface area contributed by atoms with Crippen LogP contribution in [-0.2, 0) is 28.5 Å². The molecule has 0 saturated heterocycles. The molecular weight excluding hydrogens is 614 g/mol. The minimum absolute atomic E-state index is 0.00834. The lowest BCUT2D eigenvalue weighted by Gasteiger charge is -2.26. The summed E-state index contributed by atoms with van der Waals surface area (Å²) in [6, 6.07) is 11.0. The van der Waals surface area contributed by atoms with Gasteiger partial charge >= 0.3 is 17.9 Å². The molecule has 0 N–H and O–H groups in total. The Balaban J connectivity index is 1.47. The molecule has 2 aromatic carbocycles. The molecule has 2 aromatic heterocycles. The van der Waals surface area contributed by atoms with Crippen molar-refractivity contribution < 1.29 is 51.6 Å². The zero-order valence-corrected chi connectivity index (χ0v) is 26.7. The summed E-state index contributed by atoms with van der Waals surface area (Å²) >= 11 is 0. The van der Waals surface area contributed by atoms with E-state index in [4.69, 9.17) is 37.3 Å². The molecule has 0 radical (unpaired) electrons. The fourth-order valence-corrected chi connectivity index (χ4v) is 4.97. The predicted molar refractivity (Wildman–Crippen MR) is 169 cm³/mol. The monoisotopic (exact) mass is 651 g/mol. The minimum Gasteiger partial charge on any atom is -0.488 e. The van der Waals surface area contributed by atoms with Crippen LogP contribution >= 0.6 is 0 Å². The van der Waals surface area contributed by atoms with Gasteiger partial charge < -0.3 is 47.1 Å². The van der Waals surface area contributed by atoms with E-state index in [0.717, 1.165) is 11.3 Å². The van der Waals surface area contributed by atoms with E-state index in [9.17, 15) is 14.4 Å². The third-order valence-electron chi connectivity index (χ3n) is 7.29. The van der Waals surface area contributed by atoms with Gasteiger partial charge in [0.05, 0.1) is 51.6 Å². The number of ether oxygens (including phenoxy) is 6. The van der Waals surface area contributed by atoms with Crippen molar-refractivity contribution in [1.82, 2.24) is 4.98 Å². The van der Waals surface area contributed by atoms with Gasteiger partial charge in [0.15, 0.2) is 5.76 Å². The van der Waals surface area contributed by atoms with Gasteiger partial charge in [0.25, 0.3) is 5.89 Å². The number of furan rings is 1. The van der Waals surface area contributed by atoms with Crippen molar-refractivity contribution in [2.45, 2.75) is 13.8 Å². The first-order chi connectivity index (χ1) is 22.8. The fourth-order valence-electron chi connectivity index (χ4n) is 4.97. The highest BCUT2D eigenvalue weighted by molar-refractivity contribution is 5.90. The summed E-state index contributed by atoms with van der Waals surface area (Å²) in [7, 11) is 2.66. The summed E-state index contributed by atoms with van der Waals surface area (Å²) in [6.07, 6.45) is 1.28. The Morgan fingerprint density at radius 3 is 2.15 bits per heavy atom. The molecule has 0 bridgehead atoms. The van der Waals surface area contributed by atoms with Crippen molar-refractivity contribution in [2.75, 3.05) is 83.2 Å². The summed E-state index contributed by atoms with van der Waals surface area (Å²) in [5, 5.41) is 0.669. The number of esters is 3. The zero-order chi connectivity index (χ0) is 33.3. The van der Waals surface area contributed by atoms with Crippen LogP contribution in [0.1, 0.15) is 23.0 Å². The van der Waals surface area contributed by atoms with Gasteiger partial charge in [0.2, 0.25) is 5.76 Å². The SMILES string of the molecule is CCOC(=O)c1cnc(-c2cc3cc4c(cc3o2)N(CC(=O)OC)CCOCCN(CC(=O)OC)c2ccc(C)cc2OCCO4)o1. The van der Waals surface area contributed by atoms with Crippen molar-refractivity contribution in [3.63, 3.8) is 0 Å². The summed E-state index contributed by atoms with van der Waals surface area (Å²) < 4.78 is 45.0. The molecule has 1 aliphatic heterocycles. The number of benzene rings is 2. The number of methoxy groups -OCH3 is 2. The van der Waals surface area contributed by atoms with Crippen LogP contribution < -0.4 is 19.3 Å². The molecule has 14 heteroatoms. The number of oxazole rings is 1. The fraction of sp³-hybridized carbons (Fsp3) is 0.394. The summed E-state index contributed by atoms with van der Waals surface area (Å²) in [4.78, 5) is 44.6. The van der Waals surface area contributed by atoms with E-state index in [2.05, 4.69) is 4.98 Å². The summed E-state index contributed by atoms with van der Waals surface area (Å²) in [5.41, 5.74) is 2.73. The Morgan fingerprint density at radius 1 is 0.830 bits per heavy atom. The number of carbonyl (C=O) groups excluding carboxylic acids is 3. The third kappa shape index (κ3) is 8.14. The van der Waals surface area contributed by atoms with Crippen molar-refractivity contribution >= 4 is 40.3 Å². The number of hydrogen-bond donors (Lipinski definition) is 0. The van der Waals surface area contributed by atoms with Crippen molar-refractivity contribution in [1.29, 1.82) is 0 Å². The second-order valence-electron chi connectivity index (χ2n) is 10.5. The van der Waals surface area contributed by atoms with Gasteiger partial charge in [-0.05, 0) is 43.7 Å². The van der Waals surface area contributed by atoms with Gasteiger partial charge in [0.1, 0.15) is 43.4 Å². The highest BCUT2D eigenvalue weighted by atomic mass is 16.5. The molecule has 0 fully saturated rings. The minimum atomic E-state index is -0.628. The number of fused-ring (bicyclic) bond motifs is 3. The number of nitrogens with zero attached hydrogens (tertiary/aromatic N) is 3. The van der Waals surface area contributed by atoms with Gasteiger partial charge in [-0.3, -0.25) is 9.59 Å². The number of anilines is 2. The van der Waals surface area contributed by atoms with Crippen molar-refractivity contribution in [2.24, 2.45) is 0 Å². The zero-order valence-electron chi connectivity index (χ0n) is 26.7. The second kappa shape index (κ2) is 15.4. The maximum absolute atomic E-state index is 12.5. The number of carbonyl (C=O) groups is 3. The molecule has 0 spiro atoms. The summed E-state index contributed by atoms with van der Waals surface area (Å²) in [5.74, 6) is -0.0920. The quantitative estimate of drug-likeness (QED) is 0.209. The average molecular weight is 652 g/mol.